The van der Waals surface area contributed by atoms with Crippen LogP contribution < -0.4 is 19.5 Å². The van der Waals surface area contributed by atoms with Crippen LogP contribution in [0.5, 0.6) is 11.6 Å². The van der Waals surface area contributed by atoms with Crippen molar-refractivity contribution in [3.8, 4) is 11.6 Å². The van der Waals surface area contributed by atoms with E-state index in [1.54, 1.807) is 25.1 Å². The van der Waals surface area contributed by atoms with Crippen LogP contribution in [0.3, 0.4) is 0 Å². The van der Waals surface area contributed by atoms with Gasteiger partial charge in [0.25, 0.3) is 0 Å². The summed E-state index contributed by atoms with van der Waals surface area (Å²) in [6.07, 6.45) is 0.378. The summed E-state index contributed by atoms with van der Waals surface area (Å²) in [4.78, 5) is 12.2. The van der Waals surface area contributed by atoms with E-state index in [1.165, 1.54) is 0 Å². The molecule has 4 rings (SSSR count). The van der Waals surface area contributed by atoms with Gasteiger partial charge in [-0.15, -0.1) is 12.4 Å². The second-order valence-electron chi connectivity index (χ2n) is 10.1. The third-order valence-corrected chi connectivity index (χ3v) is 7.01. The first-order valence-corrected chi connectivity index (χ1v) is 15.6. The number of benzene rings is 3. The number of aromatic nitrogens is 1. The number of rotatable bonds is 14. The first-order valence-electron chi connectivity index (χ1n) is 13.7. The summed E-state index contributed by atoms with van der Waals surface area (Å²) >= 11 is 0. The molecule has 43 heavy (non-hydrogen) atoms. The number of nitrogens with one attached hydrogen (secondary N) is 2. The molecule has 1 heterocycles. The molecule has 10 nitrogen and oxygen atoms in total. The number of fused-ring (bicyclic) bond motifs is 1. The monoisotopic (exact) mass is 631 g/mol. The van der Waals surface area contributed by atoms with E-state index >= 15 is 0 Å². The molecule has 0 amide bonds. The van der Waals surface area contributed by atoms with Gasteiger partial charge in [-0.2, -0.15) is 0 Å². The smallest absolute Gasteiger partial charge is 0.491 e. The molecule has 0 fully saturated rings. The Bertz CT molecular complexity index is 1580. The lowest BCUT2D eigenvalue weighted by molar-refractivity contribution is 0.101. The summed E-state index contributed by atoms with van der Waals surface area (Å²) in [5.41, 5.74) is 3.29. The van der Waals surface area contributed by atoms with Crippen LogP contribution in [0.25, 0.3) is 10.9 Å². The zero-order chi connectivity index (χ0) is 30.1. The van der Waals surface area contributed by atoms with E-state index in [4.69, 9.17) is 14.2 Å². The van der Waals surface area contributed by atoms with Gasteiger partial charge in [-0.1, -0.05) is 36.4 Å². The van der Waals surface area contributed by atoms with Crippen molar-refractivity contribution >= 4 is 45.2 Å². The fourth-order valence-electron chi connectivity index (χ4n) is 4.51. The van der Waals surface area contributed by atoms with Crippen LogP contribution in [0.1, 0.15) is 25.0 Å². The number of halogens is 1. The van der Waals surface area contributed by atoms with Gasteiger partial charge in [0.05, 0.1) is 24.9 Å². The molecule has 2 atom stereocenters. The first-order chi connectivity index (χ1) is 20.1. The lowest BCUT2D eigenvalue weighted by Gasteiger charge is -2.18. The van der Waals surface area contributed by atoms with Gasteiger partial charge in [0.15, 0.2) is 0 Å². The van der Waals surface area contributed by atoms with Gasteiger partial charge in [-0.05, 0) is 67.8 Å². The van der Waals surface area contributed by atoms with Crippen LogP contribution in [0.2, 0.25) is 0 Å². The Morgan fingerprint density at radius 2 is 1.70 bits per heavy atom. The fraction of sp³-hybridized carbons (Fsp3) is 0.323. The highest BCUT2D eigenvalue weighted by Crippen LogP contribution is 2.29. The molecule has 0 saturated carbocycles. The Balaban J connectivity index is 0.00000506. The molecule has 0 aliphatic carbocycles. The highest BCUT2D eigenvalue weighted by Gasteiger charge is 2.16. The van der Waals surface area contributed by atoms with Crippen molar-refractivity contribution in [3.63, 3.8) is 0 Å². The molecule has 4 aromatic rings. The Kier molecular flexibility index (Phi) is 12.3. The maximum absolute atomic E-state index is 12.2. The highest BCUT2D eigenvalue weighted by molar-refractivity contribution is 7.92. The number of nitrogens with zero attached hydrogens (tertiary/aromatic N) is 1. The summed E-state index contributed by atoms with van der Waals surface area (Å²) in [6, 6.07) is 24.3. The zero-order valence-corrected chi connectivity index (χ0v) is 26.0. The van der Waals surface area contributed by atoms with Crippen LogP contribution >= 0.6 is 12.4 Å². The number of carbonyl (C=O) groups is 1. The molecule has 0 aliphatic heterocycles. The number of hydrogen-bond donors (Lipinski definition) is 3. The molecule has 0 saturated heterocycles. The standard InChI is InChI=1S/C31H37N3O7S.ClH/c1-4-39-31(36)41-30-18-25-17-24(16-22(2)32-19-27(35)21-40-28-8-6-5-7-9-28)12-15-29(25)34(30)20-23-10-13-26(14-11-23)33-42(3,37)38;/h5-15,17-18,22,27,32-33,35H,4,16,19-21H2,1-3H3;1H/t22-,27+;/m1./s1. The molecule has 0 aliphatic rings. The van der Waals surface area contributed by atoms with Crippen molar-refractivity contribution in [2.75, 3.05) is 30.7 Å². The molecule has 1 aromatic heterocycles. The van der Waals surface area contributed by atoms with Crippen molar-refractivity contribution in [3.05, 3.63) is 90.0 Å². The van der Waals surface area contributed by atoms with Crippen LogP contribution in [0, 0.1) is 0 Å². The predicted molar refractivity (Wildman–Crippen MR) is 170 cm³/mol. The second kappa shape index (κ2) is 15.6. The Labute approximate surface area is 258 Å². The number of aliphatic hydroxyl groups excluding tert-OH is 1. The van der Waals surface area contributed by atoms with Gasteiger partial charge in [0, 0.05) is 29.7 Å². The van der Waals surface area contributed by atoms with Crippen molar-refractivity contribution in [2.24, 2.45) is 0 Å². The summed E-state index contributed by atoms with van der Waals surface area (Å²) < 4.78 is 43.5. The van der Waals surface area contributed by atoms with Crippen LogP contribution in [-0.4, -0.2) is 62.4 Å². The SMILES string of the molecule is CCOC(=O)Oc1cc2cc(C[C@@H](C)NC[C@H](O)COc3ccccc3)ccc2n1Cc1ccc(NS(C)(=O)=O)cc1.Cl. The maximum Gasteiger partial charge on any atom is 0.515 e. The Hall–Kier alpha value is -3.77. The van der Waals surface area contributed by atoms with Crippen LogP contribution in [0.15, 0.2) is 78.9 Å². The largest absolute Gasteiger partial charge is 0.515 e. The second-order valence-corrected chi connectivity index (χ2v) is 11.9. The molecule has 0 spiro atoms. The molecule has 3 aromatic carbocycles. The van der Waals surface area contributed by atoms with Gasteiger partial charge >= 0.3 is 6.16 Å². The lowest BCUT2D eigenvalue weighted by Crippen LogP contribution is -2.37. The first kappa shape index (κ1) is 33.7. The number of para-hydroxylation sites is 1. The summed E-state index contributed by atoms with van der Waals surface area (Å²) in [6.45, 7) is 4.93. The van der Waals surface area contributed by atoms with E-state index in [2.05, 4.69) is 23.0 Å². The molecule has 0 unspecified atom stereocenters. The predicted octanol–water partition coefficient (Wildman–Crippen LogP) is 4.98. The average Bonchev–Trinajstić information content (AvgIpc) is 3.27. The van der Waals surface area contributed by atoms with Gasteiger partial charge in [0.1, 0.15) is 18.5 Å². The highest BCUT2D eigenvalue weighted by atomic mass is 35.5. The summed E-state index contributed by atoms with van der Waals surface area (Å²) in [5.74, 6) is 1.06. The van der Waals surface area contributed by atoms with Crippen molar-refractivity contribution < 1.29 is 32.5 Å². The van der Waals surface area contributed by atoms with Gasteiger partial charge in [0.2, 0.25) is 15.9 Å². The minimum atomic E-state index is -3.38. The topological polar surface area (TPSA) is 128 Å². The van der Waals surface area contributed by atoms with E-state index in [0.29, 0.717) is 24.7 Å². The molecule has 0 bridgehead atoms. The maximum atomic E-state index is 12.2. The van der Waals surface area contributed by atoms with Crippen molar-refractivity contribution in [1.29, 1.82) is 0 Å². The number of sulfonamides is 1. The van der Waals surface area contributed by atoms with Crippen molar-refractivity contribution in [1.82, 2.24) is 9.88 Å². The number of carbonyl (C=O) groups excluding carboxylic acids is 1. The third kappa shape index (κ3) is 10.5. The number of hydrogen-bond acceptors (Lipinski definition) is 8. The Morgan fingerprint density at radius 1 is 1.00 bits per heavy atom. The molecular formula is C31H38ClN3O7S. The van der Waals surface area contributed by atoms with Gasteiger partial charge < -0.3 is 29.2 Å². The summed E-state index contributed by atoms with van der Waals surface area (Å²) in [5, 5.41) is 14.6. The van der Waals surface area contributed by atoms with Crippen LogP contribution in [0.4, 0.5) is 10.5 Å². The Morgan fingerprint density at radius 3 is 2.37 bits per heavy atom. The van der Waals surface area contributed by atoms with E-state index in [-0.39, 0.29) is 31.7 Å². The number of anilines is 1. The van der Waals surface area contributed by atoms with E-state index < -0.39 is 22.3 Å². The average molecular weight is 632 g/mol. The zero-order valence-electron chi connectivity index (χ0n) is 24.4. The van der Waals surface area contributed by atoms with Gasteiger partial charge in [-0.3, -0.25) is 4.72 Å². The molecule has 232 valence electrons. The lowest BCUT2D eigenvalue weighted by atomic mass is 10.0. The number of aliphatic hydroxyl groups is 1. The van der Waals surface area contributed by atoms with Crippen LogP contribution in [-0.2, 0) is 27.7 Å². The van der Waals surface area contributed by atoms with E-state index in [9.17, 15) is 18.3 Å². The minimum Gasteiger partial charge on any atom is -0.491 e. The van der Waals surface area contributed by atoms with E-state index in [0.717, 1.165) is 40.5 Å². The normalized spacial score (nSPS) is 12.7. The molecule has 0 radical (unpaired) electrons. The molecule has 3 N–H and O–H groups in total. The fourth-order valence-corrected chi connectivity index (χ4v) is 5.07. The van der Waals surface area contributed by atoms with Gasteiger partial charge in [-0.25, -0.2) is 13.2 Å². The molecular weight excluding hydrogens is 594 g/mol. The summed E-state index contributed by atoms with van der Waals surface area (Å²) in [7, 11) is -3.38. The quantitative estimate of drug-likeness (QED) is 0.166. The minimum absolute atomic E-state index is 0. The third-order valence-electron chi connectivity index (χ3n) is 6.41. The molecule has 12 heteroatoms. The van der Waals surface area contributed by atoms with E-state index in [1.807, 2.05) is 59.2 Å². The number of ether oxygens (including phenoxy) is 3. The van der Waals surface area contributed by atoms with Crippen molar-refractivity contribution in [2.45, 2.75) is 39.0 Å².